The Morgan fingerprint density at radius 2 is 1.94 bits per heavy atom. The Morgan fingerprint density at radius 3 is 2.65 bits per heavy atom. The Morgan fingerprint density at radius 1 is 1.15 bits per heavy atom. The quantitative estimate of drug-likeness (QED) is 0.176. The molecule has 0 atom stereocenters. The monoisotopic (exact) mass is 588 g/mol. The summed E-state index contributed by atoms with van der Waals surface area (Å²) in [4.78, 5) is 12.7. The molecule has 0 aliphatic rings. The van der Waals surface area contributed by atoms with Crippen LogP contribution in [0.2, 0.25) is 5.02 Å². The normalized spacial score (nSPS) is 10.9. The number of nitrogens with one attached hydrogen (secondary N) is 1. The number of hydrogen-bond acceptors (Lipinski definition) is 5. The molecule has 0 saturated heterocycles. The summed E-state index contributed by atoms with van der Waals surface area (Å²) < 4.78 is 17.7. The van der Waals surface area contributed by atoms with E-state index < -0.39 is 5.91 Å². The second-order valence-electron chi connectivity index (χ2n) is 7.00. The first kappa shape index (κ1) is 25.4. The van der Waals surface area contributed by atoms with Gasteiger partial charge in [0.1, 0.15) is 24.0 Å². The second kappa shape index (κ2) is 12.3. The van der Waals surface area contributed by atoms with Crippen molar-refractivity contribution in [2.45, 2.75) is 13.5 Å². The summed E-state index contributed by atoms with van der Waals surface area (Å²) in [5.74, 6) is 1.14. The summed E-state index contributed by atoms with van der Waals surface area (Å²) in [5, 5.41) is 12.9. The lowest BCUT2D eigenvalue weighted by Crippen LogP contribution is -2.13. The highest BCUT2D eigenvalue weighted by molar-refractivity contribution is 14.1. The molecule has 1 N–H and O–H groups in total. The molecule has 3 rings (SSSR count). The van der Waals surface area contributed by atoms with E-state index in [9.17, 15) is 10.1 Å². The molecule has 0 saturated carbocycles. The number of ether oxygens (including phenoxy) is 3. The molecule has 0 aliphatic heterocycles. The standard InChI is InChI=1S/C26H22ClIN2O4/c1-3-33-21-9-6-8-20(14-21)30-26(31)19(15-29)11-17-12-23(28)25(24(13-17)32-2)34-16-18-7-4-5-10-22(18)27/h4-14H,3,16H2,1-2H3,(H,30,31)/b19-11+. The summed E-state index contributed by atoms with van der Waals surface area (Å²) in [6, 6.07) is 19.9. The van der Waals surface area contributed by atoms with Gasteiger partial charge in [0.25, 0.3) is 5.91 Å². The molecule has 0 aromatic heterocycles. The zero-order valence-corrected chi connectivity index (χ0v) is 21.5. The van der Waals surface area contributed by atoms with Crippen LogP contribution in [0.25, 0.3) is 6.08 Å². The topological polar surface area (TPSA) is 80.6 Å². The van der Waals surface area contributed by atoms with Gasteiger partial charge in [0.15, 0.2) is 11.5 Å². The Labute approximate surface area is 217 Å². The molecule has 0 fully saturated rings. The van der Waals surface area contributed by atoms with Gasteiger partial charge in [-0.2, -0.15) is 5.26 Å². The first-order chi connectivity index (χ1) is 16.4. The van der Waals surface area contributed by atoms with E-state index in [2.05, 4.69) is 27.9 Å². The van der Waals surface area contributed by atoms with E-state index in [-0.39, 0.29) is 12.2 Å². The summed E-state index contributed by atoms with van der Waals surface area (Å²) in [7, 11) is 1.53. The van der Waals surface area contributed by atoms with Crippen molar-refractivity contribution in [3.05, 3.63) is 86.0 Å². The van der Waals surface area contributed by atoms with Gasteiger partial charge in [-0.25, -0.2) is 0 Å². The van der Waals surface area contributed by atoms with Gasteiger partial charge < -0.3 is 19.5 Å². The molecule has 34 heavy (non-hydrogen) atoms. The minimum atomic E-state index is -0.524. The molecule has 0 aliphatic carbocycles. The van der Waals surface area contributed by atoms with E-state index in [4.69, 9.17) is 25.8 Å². The van der Waals surface area contributed by atoms with Gasteiger partial charge in [-0.15, -0.1) is 0 Å². The van der Waals surface area contributed by atoms with E-state index in [0.717, 1.165) is 9.13 Å². The molecule has 6 nitrogen and oxygen atoms in total. The number of carbonyl (C=O) groups excluding carboxylic acids is 1. The molecule has 0 bridgehead atoms. The molecule has 3 aromatic carbocycles. The molecule has 1 amide bonds. The Kier molecular flexibility index (Phi) is 9.19. The van der Waals surface area contributed by atoms with E-state index in [1.165, 1.54) is 13.2 Å². The zero-order valence-electron chi connectivity index (χ0n) is 18.6. The third-order valence-electron chi connectivity index (χ3n) is 4.66. The van der Waals surface area contributed by atoms with Crippen LogP contribution in [-0.4, -0.2) is 19.6 Å². The molecule has 0 heterocycles. The third kappa shape index (κ3) is 6.65. The Hall–Kier alpha value is -3.22. The fourth-order valence-corrected chi connectivity index (χ4v) is 4.04. The summed E-state index contributed by atoms with van der Waals surface area (Å²) in [5.41, 5.74) is 1.96. The number of benzene rings is 3. The van der Waals surface area contributed by atoms with Gasteiger partial charge in [0.2, 0.25) is 0 Å². The van der Waals surface area contributed by atoms with Crippen LogP contribution in [0, 0.1) is 14.9 Å². The molecular formula is C26H22ClIN2O4. The molecule has 0 spiro atoms. The van der Waals surface area contributed by atoms with Crippen molar-refractivity contribution < 1.29 is 19.0 Å². The number of halogens is 2. The minimum Gasteiger partial charge on any atom is -0.494 e. The highest BCUT2D eigenvalue weighted by atomic mass is 127. The number of amides is 1. The van der Waals surface area contributed by atoms with Crippen LogP contribution in [0.15, 0.2) is 66.2 Å². The first-order valence-corrected chi connectivity index (χ1v) is 11.8. The van der Waals surface area contributed by atoms with E-state index in [0.29, 0.717) is 40.1 Å². The third-order valence-corrected chi connectivity index (χ3v) is 5.83. The largest absolute Gasteiger partial charge is 0.494 e. The minimum absolute atomic E-state index is 0.0515. The summed E-state index contributed by atoms with van der Waals surface area (Å²) in [6.45, 7) is 2.66. The number of nitriles is 1. The fraction of sp³-hybridized carbons (Fsp3) is 0.154. The lowest BCUT2D eigenvalue weighted by Gasteiger charge is -2.14. The number of nitrogens with zero attached hydrogens (tertiary/aromatic N) is 1. The van der Waals surface area contributed by atoms with Crippen LogP contribution in [0.3, 0.4) is 0 Å². The van der Waals surface area contributed by atoms with Crippen molar-refractivity contribution in [3.63, 3.8) is 0 Å². The smallest absolute Gasteiger partial charge is 0.266 e. The number of anilines is 1. The van der Waals surface area contributed by atoms with Crippen LogP contribution in [0.5, 0.6) is 17.2 Å². The average molecular weight is 589 g/mol. The zero-order chi connectivity index (χ0) is 24.5. The molecule has 174 valence electrons. The van der Waals surface area contributed by atoms with E-state index in [1.807, 2.05) is 37.3 Å². The lowest BCUT2D eigenvalue weighted by molar-refractivity contribution is -0.112. The highest BCUT2D eigenvalue weighted by Crippen LogP contribution is 2.35. The number of methoxy groups -OCH3 is 1. The second-order valence-corrected chi connectivity index (χ2v) is 8.57. The average Bonchev–Trinajstić information content (AvgIpc) is 2.83. The van der Waals surface area contributed by atoms with Gasteiger partial charge in [0, 0.05) is 22.3 Å². The SMILES string of the molecule is CCOc1cccc(NC(=O)/C(C#N)=C/c2cc(I)c(OCc3ccccc3Cl)c(OC)c2)c1. The maximum atomic E-state index is 12.7. The van der Waals surface area contributed by atoms with Crippen molar-refractivity contribution in [2.75, 3.05) is 19.0 Å². The predicted octanol–water partition coefficient (Wildman–Crippen LogP) is 6.48. The van der Waals surface area contributed by atoms with Gasteiger partial charge in [0.05, 0.1) is 17.3 Å². The van der Waals surface area contributed by atoms with Crippen LogP contribution in [0.4, 0.5) is 5.69 Å². The van der Waals surface area contributed by atoms with E-state index in [1.54, 1.807) is 36.4 Å². The van der Waals surface area contributed by atoms with Crippen LogP contribution in [-0.2, 0) is 11.4 Å². The van der Waals surface area contributed by atoms with Crippen LogP contribution >= 0.6 is 34.2 Å². The fourth-order valence-electron chi connectivity index (χ4n) is 3.07. The maximum Gasteiger partial charge on any atom is 0.266 e. The predicted molar refractivity (Wildman–Crippen MR) is 141 cm³/mol. The van der Waals surface area contributed by atoms with Crippen molar-refractivity contribution in [2.24, 2.45) is 0 Å². The summed E-state index contributed by atoms with van der Waals surface area (Å²) >= 11 is 8.35. The number of hydrogen-bond donors (Lipinski definition) is 1. The molecule has 0 unspecified atom stereocenters. The van der Waals surface area contributed by atoms with E-state index >= 15 is 0 Å². The number of carbonyl (C=O) groups is 1. The number of rotatable bonds is 9. The molecule has 8 heteroatoms. The highest BCUT2D eigenvalue weighted by Gasteiger charge is 2.15. The molecule has 3 aromatic rings. The Balaban J connectivity index is 1.81. The van der Waals surface area contributed by atoms with Gasteiger partial charge >= 0.3 is 0 Å². The van der Waals surface area contributed by atoms with Crippen molar-refractivity contribution in [1.29, 1.82) is 5.26 Å². The maximum absolute atomic E-state index is 12.7. The van der Waals surface area contributed by atoms with Crippen LogP contribution in [0.1, 0.15) is 18.1 Å². The van der Waals surface area contributed by atoms with Gasteiger partial charge in [-0.05, 0) is 71.5 Å². The lowest BCUT2D eigenvalue weighted by atomic mass is 10.1. The van der Waals surface area contributed by atoms with Crippen molar-refractivity contribution in [3.8, 4) is 23.3 Å². The summed E-state index contributed by atoms with van der Waals surface area (Å²) in [6.07, 6.45) is 1.50. The Bertz CT molecular complexity index is 1250. The van der Waals surface area contributed by atoms with Gasteiger partial charge in [-0.3, -0.25) is 4.79 Å². The molecular weight excluding hydrogens is 567 g/mol. The van der Waals surface area contributed by atoms with Gasteiger partial charge in [-0.1, -0.05) is 35.9 Å². The van der Waals surface area contributed by atoms with Crippen molar-refractivity contribution >= 4 is 51.9 Å². The van der Waals surface area contributed by atoms with Crippen molar-refractivity contribution in [1.82, 2.24) is 0 Å². The first-order valence-electron chi connectivity index (χ1n) is 10.3. The van der Waals surface area contributed by atoms with Crippen LogP contribution < -0.4 is 19.5 Å². The molecule has 0 radical (unpaired) electrons.